The molecule has 0 radical (unpaired) electrons. The number of allylic oxidation sites excluding steroid dienone is 4. The van der Waals surface area contributed by atoms with E-state index in [2.05, 4.69) is 15.9 Å². The molecule has 0 fully saturated rings. The average molecular weight is 231 g/mol. The van der Waals surface area contributed by atoms with E-state index < -0.39 is 10.3 Å². The van der Waals surface area contributed by atoms with Crippen LogP contribution in [0.4, 0.5) is 0 Å². The molecule has 1 aliphatic carbocycles. The maximum atomic E-state index is 10.5. The Balaban J connectivity index is 2.76. The topological polar surface area (TPSA) is 37.3 Å². The summed E-state index contributed by atoms with van der Waals surface area (Å²) in [6.07, 6.45) is 7.82. The monoisotopic (exact) mass is 230 g/mol. The third kappa shape index (κ3) is 1.97. The van der Waals surface area contributed by atoms with Crippen LogP contribution in [0.2, 0.25) is 0 Å². The molecular weight excluding hydrogens is 220 g/mol. The van der Waals surface area contributed by atoms with Gasteiger partial charge in [0.2, 0.25) is 0 Å². The quantitative estimate of drug-likeness (QED) is 0.740. The van der Waals surface area contributed by atoms with Gasteiger partial charge < -0.3 is 5.11 Å². The number of halogens is 1. The SMILES string of the molecule is CC1C=CC=CC1(Br)CC(=O)O. The summed E-state index contributed by atoms with van der Waals surface area (Å²) >= 11 is 3.44. The van der Waals surface area contributed by atoms with Crippen LogP contribution in [0.15, 0.2) is 24.3 Å². The van der Waals surface area contributed by atoms with Crippen molar-refractivity contribution in [2.24, 2.45) is 5.92 Å². The lowest BCUT2D eigenvalue weighted by atomic mass is 9.87. The lowest BCUT2D eigenvalue weighted by Crippen LogP contribution is -2.30. The van der Waals surface area contributed by atoms with Crippen molar-refractivity contribution in [1.82, 2.24) is 0 Å². The summed E-state index contributed by atoms with van der Waals surface area (Å²) in [6, 6.07) is 0. The van der Waals surface area contributed by atoms with Gasteiger partial charge in [-0.05, 0) is 5.92 Å². The van der Waals surface area contributed by atoms with Crippen molar-refractivity contribution < 1.29 is 9.90 Å². The molecule has 0 amide bonds. The molecule has 2 atom stereocenters. The number of rotatable bonds is 2. The average Bonchev–Trinajstić information content (AvgIpc) is 1.94. The second-order valence-corrected chi connectivity index (χ2v) is 4.51. The highest BCUT2D eigenvalue weighted by Crippen LogP contribution is 2.36. The zero-order valence-electron chi connectivity index (χ0n) is 6.83. The molecule has 0 heterocycles. The van der Waals surface area contributed by atoms with E-state index in [1.165, 1.54) is 0 Å². The van der Waals surface area contributed by atoms with Crippen LogP contribution < -0.4 is 0 Å². The van der Waals surface area contributed by atoms with E-state index in [1.807, 2.05) is 31.2 Å². The largest absolute Gasteiger partial charge is 0.481 e. The fourth-order valence-corrected chi connectivity index (χ4v) is 1.75. The Hall–Kier alpha value is -0.570. The van der Waals surface area contributed by atoms with Crippen molar-refractivity contribution >= 4 is 21.9 Å². The Bertz CT molecular complexity index is 245. The number of hydrogen-bond donors (Lipinski definition) is 1. The Labute approximate surface area is 80.1 Å². The summed E-state index contributed by atoms with van der Waals surface area (Å²) in [7, 11) is 0. The highest BCUT2D eigenvalue weighted by molar-refractivity contribution is 9.10. The van der Waals surface area contributed by atoms with Crippen LogP contribution in [0.1, 0.15) is 13.3 Å². The van der Waals surface area contributed by atoms with Gasteiger partial charge in [-0.25, -0.2) is 0 Å². The molecule has 0 saturated heterocycles. The highest BCUT2D eigenvalue weighted by Gasteiger charge is 2.32. The van der Waals surface area contributed by atoms with E-state index in [-0.39, 0.29) is 12.3 Å². The summed E-state index contributed by atoms with van der Waals surface area (Å²) in [5, 5.41) is 8.66. The second-order valence-electron chi connectivity index (χ2n) is 3.03. The lowest BCUT2D eigenvalue weighted by molar-refractivity contribution is -0.137. The fraction of sp³-hybridized carbons (Fsp3) is 0.444. The maximum absolute atomic E-state index is 10.5. The van der Waals surface area contributed by atoms with Crippen molar-refractivity contribution in [1.29, 1.82) is 0 Å². The van der Waals surface area contributed by atoms with E-state index in [4.69, 9.17) is 5.11 Å². The van der Waals surface area contributed by atoms with E-state index in [0.29, 0.717) is 0 Å². The van der Waals surface area contributed by atoms with Crippen LogP contribution in [0.25, 0.3) is 0 Å². The van der Waals surface area contributed by atoms with Crippen LogP contribution in [-0.2, 0) is 4.79 Å². The van der Waals surface area contributed by atoms with Crippen molar-refractivity contribution in [3.8, 4) is 0 Å². The molecule has 0 aromatic rings. The number of aliphatic carboxylic acids is 1. The zero-order valence-corrected chi connectivity index (χ0v) is 8.41. The van der Waals surface area contributed by atoms with E-state index in [9.17, 15) is 4.79 Å². The summed E-state index contributed by atoms with van der Waals surface area (Å²) in [5.74, 6) is -0.558. The van der Waals surface area contributed by atoms with Crippen LogP contribution >= 0.6 is 15.9 Å². The van der Waals surface area contributed by atoms with Gasteiger partial charge in [-0.2, -0.15) is 0 Å². The van der Waals surface area contributed by atoms with E-state index in [0.717, 1.165) is 0 Å². The molecule has 0 bridgehead atoms. The minimum absolute atomic E-state index is 0.120. The molecular formula is C9H11BrO2. The fourth-order valence-electron chi connectivity index (χ4n) is 1.21. The van der Waals surface area contributed by atoms with E-state index in [1.54, 1.807) is 0 Å². The van der Waals surface area contributed by atoms with Gasteiger partial charge in [0.05, 0.1) is 10.7 Å². The summed E-state index contributed by atoms with van der Waals surface area (Å²) in [5.41, 5.74) is 0. The first-order valence-electron chi connectivity index (χ1n) is 3.81. The molecule has 2 unspecified atom stereocenters. The summed E-state index contributed by atoms with van der Waals surface area (Å²) < 4.78 is -0.395. The molecule has 2 nitrogen and oxygen atoms in total. The van der Waals surface area contributed by atoms with Gasteiger partial charge in [-0.1, -0.05) is 47.2 Å². The number of carboxylic acids is 1. The first kappa shape index (κ1) is 9.52. The molecule has 0 aliphatic heterocycles. The first-order chi connectivity index (χ1) is 5.54. The lowest BCUT2D eigenvalue weighted by Gasteiger charge is -2.28. The van der Waals surface area contributed by atoms with Gasteiger partial charge in [0, 0.05) is 0 Å². The number of hydrogen-bond acceptors (Lipinski definition) is 1. The molecule has 0 aromatic carbocycles. The van der Waals surface area contributed by atoms with Crippen molar-refractivity contribution in [3.63, 3.8) is 0 Å². The van der Waals surface area contributed by atoms with Gasteiger partial charge in [0.25, 0.3) is 0 Å². The van der Waals surface area contributed by atoms with Crippen molar-refractivity contribution in [2.75, 3.05) is 0 Å². The Kier molecular flexibility index (Phi) is 2.73. The van der Waals surface area contributed by atoms with Gasteiger partial charge in [-0.15, -0.1) is 0 Å². The number of carboxylic acid groups (broad SMARTS) is 1. The van der Waals surface area contributed by atoms with Gasteiger partial charge >= 0.3 is 5.97 Å². The molecule has 3 heteroatoms. The molecule has 1 rings (SSSR count). The van der Waals surface area contributed by atoms with E-state index >= 15 is 0 Å². The van der Waals surface area contributed by atoms with Crippen LogP contribution in [0.5, 0.6) is 0 Å². The normalized spacial score (nSPS) is 33.7. The van der Waals surface area contributed by atoms with Gasteiger partial charge in [0.15, 0.2) is 0 Å². The van der Waals surface area contributed by atoms with Crippen molar-refractivity contribution in [3.05, 3.63) is 24.3 Å². The molecule has 66 valence electrons. The third-order valence-electron chi connectivity index (χ3n) is 2.06. The van der Waals surface area contributed by atoms with Crippen molar-refractivity contribution in [2.45, 2.75) is 17.7 Å². The number of alkyl halides is 1. The molecule has 0 saturated carbocycles. The second kappa shape index (κ2) is 3.44. The summed E-state index contributed by atoms with van der Waals surface area (Å²) in [4.78, 5) is 10.5. The summed E-state index contributed by atoms with van der Waals surface area (Å²) in [6.45, 7) is 2.00. The molecule has 0 aromatic heterocycles. The zero-order chi connectivity index (χ0) is 9.19. The molecule has 1 N–H and O–H groups in total. The predicted molar refractivity (Wildman–Crippen MR) is 51.4 cm³/mol. The standard InChI is InChI=1S/C9H11BrO2/c1-7-4-2-3-5-9(7,10)6-8(11)12/h2-5,7H,6H2,1H3,(H,11,12). The Morgan fingerprint density at radius 3 is 2.83 bits per heavy atom. The Morgan fingerprint density at radius 2 is 2.33 bits per heavy atom. The van der Waals surface area contributed by atoms with Crippen LogP contribution in [-0.4, -0.2) is 15.4 Å². The number of carbonyl (C=O) groups is 1. The minimum Gasteiger partial charge on any atom is -0.481 e. The van der Waals surface area contributed by atoms with Gasteiger partial charge in [-0.3, -0.25) is 4.79 Å². The molecule has 1 aliphatic rings. The Morgan fingerprint density at radius 1 is 1.67 bits per heavy atom. The molecule has 12 heavy (non-hydrogen) atoms. The highest BCUT2D eigenvalue weighted by atomic mass is 79.9. The van der Waals surface area contributed by atoms with Gasteiger partial charge in [0.1, 0.15) is 0 Å². The molecule has 0 spiro atoms. The minimum atomic E-state index is -0.779. The smallest absolute Gasteiger partial charge is 0.305 e. The third-order valence-corrected chi connectivity index (χ3v) is 3.33. The predicted octanol–water partition coefficient (Wildman–Crippen LogP) is 2.36. The maximum Gasteiger partial charge on any atom is 0.305 e. The van der Waals surface area contributed by atoms with Crippen LogP contribution in [0.3, 0.4) is 0 Å². The van der Waals surface area contributed by atoms with Crippen LogP contribution in [0, 0.1) is 5.92 Å². The first-order valence-corrected chi connectivity index (χ1v) is 4.60.